The summed E-state index contributed by atoms with van der Waals surface area (Å²) in [5, 5.41) is 1.67. The highest BCUT2D eigenvalue weighted by atomic mass is 35.5. The van der Waals surface area contributed by atoms with Crippen molar-refractivity contribution in [3.8, 4) is 11.6 Å². The van der Waals surface area contributed by atoms with Crippen molar-refractivity contribution in [1.29, 1.82) is 0 Å². The summed E-state index contributed by atoms with van der Waals surface area (Å²) in [7, 11) is -2.75. The summed E-state index contributed by atoms with van der Waals surface area (Å²) in [5.41, 5.74) is 6.80. The topological polar surface area (TPSA) is 157 Å². The molecule has 10 rings (SSSR count). The maximum absolute atomic E-state index is 14.6. The standard InChI is InChI=1S/C53H62Cl2N6O9S/c1-53(2)27-43(34-6-8-36(54)9-7-34)44-30-60-20-19-59(29-38(60)31-66-21-5-23-67-49(44)28-53)37-10-14-42(46(25-37)61-18-4-22-68-52-47(61)24-35-16-17-56-50(35)57-52)51(62)58-71(63,64)41-13-15-48(45(55)26-41)70-33-40-12-11-39(65-3)32-69-40/h6-10,13-17,24-26,38-40,49H,4-5,11-12,18-23,27-33H2,1-3H3,(H,56,57)(H,58,62)/t38-,39-,40+,49+/m0/s1. The molecule has 0 saturated carbocycles. The highest BCUT2D eigenvalue weighted by molar-refractivity contribution is 7.90. The van der Waals surface area contributed by atoms with E-state index in [0.717, 1.165) is 56.3 Å². The van der Waals surface area contributed by atoms with Gasteiger partial charge in [-0.1, -0.05) is 49.2 Å². The van der Waals surface area contributed by atoms with Gasteiger partial charge in [0.05, 0.1) is 65.3 Å². The predicted molar refractivity (Wildman–Crippen MR) is 275 cm³/mol. The molecule has 71 heavy (non-hydrogen) atoms. The highest BCUT2D eigenvalue weighted by Gasteiger charge is 2.39. The normalized spacial score (nSPS) is 23.4. The molecular weight excluding hydrogens is 968 g/mol. The number of benzene rings is 3. The van der Waals surface area contributed by atoms with Crippen molar-refractivity contribution in [1.82, 2.24) is 19.6 Å². The van der Waals surface area contributed by atoms with Gasteiger partial charge in [0.25, 0.3) is 15.9 Å². The Labute approximate surface area is 425 Å². The fourth-order valence-corrected chi connectivity index (χ4v) is 11.9. The highest BCUT2D eigenvalue weighted by Crippen LogP contribution is 2.46. The molecule has 18 heteroatoms. The van der Waals surface area contributed by atoms with E-state index in [1.165, 1.54) is 34.9 Å². The average molecular weight is 1030 g/mol. The number of piperazine rings is 1. The van der Waals surface area contributed by atoms with Gasteiger partial charge < -0.3 is 43.2 Å². The SMILES string of the molecule is CO[C@H]1CC[C@H](COc2ccc(S(=O)(=O)NC(=O)c3ccc(N4CCN5CC6=C(c7ccc(Cl)cc7)CC(C)(C)C[C@H]6OCCCOC[C@@H]5C4)cc3N3CCCOc4nc5[nH]ccc5cc43)cc2Cl)OC1. The summed E-state index contributed by atoms with van der Waals surface area (Å²) in [6, 6.07) is 21.9. The van der Waals surface area contributed by atoms with Gasteiger partial charge in [0.1, 0.15) is 23.7 Å². The molecule has 4 aliphatic heterocycles. The maximum Gasteiger partial charge on any atom is 0.267 e. The fraction of sp³-hybridized carbons (Fsp3) is 0.472. The smallest absolute Gasteiger partial charge is 0.267 e. The number of nitrogens with zero attached hydrogens (tertiary/aromatic N) is 4. The minimum absolute atomic E-state index is 0.0175. The molecule has 3 aromatic carbocycles. The van der Waals surface area contributed by atoms with E-state index in [-0.39, 0.29) is 51.9 Å². The number of nitrogens with one attached hydrogen (secondary N) is 2. The number of pyridine rings is 1. The third-order valence-electron chi connectivity index (χ3n) is 14.3. The molecule has 2 N–H and O–H groups in total. The molecule has 0 spiro atoms. The maximum atomic E-state index is 14.6. The van der Waals surface area contributed by atoms with Gasteiger partial charge in [-0.15, -0.1) is 0 Å². The Morgan fingerprint density at radius 3 is 2.59 bits per heavy atom. The number of rotatable bonds is 10. The van der Waals surface area contributed by atoms with Crippen LogP contribution in [0.4, 0.5) is 17.1 Å². The third-order valence-corrected chi connectivity index (χ3v) is 16.2. The number of anilines is 3. The van der Waals surface area contributed by atoms with Crippen LogP contribution < -0.4 is 24.0 Å². The van der Waals surface area contributed by atoms with Crippen molar-refractivity contribution in [3.63, 3.8) is 0 Å². The molecule has 0 unspecified atom stereocenters. The molecule has 1 aliphatic carbocycles. The van der Waals surface area contributed by atoms with Crippen LogP contribution in [0, 0.1) is 5.41 Å². The Bertz CT molecular complexity index is 2870. The fourth-order valence-electron chi connectivity index (χ4n) is 10.5. The van der Waals surface area contributed by atoms with Crippen LogP contribution in [0.3, 0.4) is 0 Å². The summed E-state index contributed by atoms with van der Waals surface area (Å²) < 4.78 is 66.9. The van der Waals surface area contributed by atoms with Crippen LogP contribution in [0.25, 0.3) is 16.6 Å². The van der Waals surface area contributed by atoms with Crippen molar-refractivity contribution in [2.24, 2.45) is 5.41 Å². The molecule has 3 fully saturated rings. The second-order valence-electron chi connectivity index (χ2n) is 19.9. The van der Waals surface area contributed by atoms with Gasteiger partial charge in [0.15, 0.2) is 0 Å². The monoisotopic (exact) mass is 1030 g/mol. The number of aromatic nitrogens is 2. The van der Waals surface area contributed by atoms with Crippen LogP contribution in [0.1, 0.15) is 68.3 Å². The molecule has 6 heterocycles. The van der Waals surface area contributed by atoms with Crippen molar-refractivity contribution in [2.45, 2.75) is 81.6 Å². The van der Waals surface area contributed by atoms with Crippen molar-refractivity contribution >= 4 is 72.8 Å². The van der Waals surface area contributed by atoms with E-state index in [1.54, 1.807) is 13.2 Å². The van der Waals surface area contributed by atoms with E-state index in [4.69, 9.17) is 56.6 Å². The van der Waals surface area contributed by atoms with Gasteiger partial charge in [0, 0.05) is 75.3 Å². The zero-order valence-electron chi connectivity index (χ0n) is 40.5. The lowest BCUT2D eigenvalue weighted by Crippen LogP contribution is -2.56. The Balaban J connectivity index is 0.942. The number of carbonyl (C=O) groups is 1. The molecular formula is C53H62Cl2N6O9S. The largest absolute Gasteiger partial charge is 0.489 e. The molecule has 5 aromatic rings. The second kappa shape index (κ2) is 21.3. The lowest BCUT2D eigenvalue weighted by molar-refractivity contribution is -0.0829. The molecule has 0 radical (unpaired) electrons. The van der Waals surface area contributed by atoms with Crippen LogP contribution in [0.2, 0.25) is 10.0 Å². The first kappa shape index (κ1) is 49.7. The van der Waals surface area contributed by atoms with Crippen molar-refractivity contribution < 1.29 is 41.6 Å². The number of halogens is 2. The number of aromatic amines is 1. The zero-order valence-corrected chi connectivity index (χ0v) is 42.8. The van der Waals surface area contributed by atoms with Gasteiger partial charge in [0.2, 0.25) is 5.88 Å². The number of H-pyrrole nitrogens is 1. The van der Waals surface area contributed by atoms with Crippen LogP contribution in [0.15, 0.2) is 89.5 Å². The van der Waals surface area contributed by atoms with E-state index in [9.17, 15) is 13.2 Å². The van der Waals surface area contributed by atoms with Gasteiger partial charge in [-0.05, 0) is 121 Å². The van der Waals surface area contributed by atoms with Gasteiger partial charge in [-0.3, -0.25) is 9.69 Å². The summed E-state index contributed by atoms with van der Waals surface area (Å²) in [4.78, 5) is 29.3. The van der Waals surface area contributed by atoms with Crippen molar-refractivity contribution in [3.05, 3.63) is 106 Å². The molecule has 378 valence electrons. The summed E-state index contributed by atoms with van der Waals surface area (Å²) >= 11 is 13.0. The number of ether oxygens (including phenoxy) is 6. The van der Waals surface area contributed by atoms with E-state index in [1.807, 2.05) is 47.5 Å². The molecule has 5 aliphatic rings. The summed E-state index contributed by atoms with van der Waals surface area (Å²) in [6.07, 6.45) is 6.60. The Morgan fingerprint density at radius 1 is 0.930 bits per heavy atom. The van der Waals surface area contributed by atoms with Crippen LogP contribution in [0.5, 0.6) is 11.6 Å². The second-order valence-corrected chi connectivity index (χ2v) is 22.5. The minimum Gasteiger partial charge on any atom is -0.489 e. The molecule has 4 atom stereocenters. The molecule has 3 saturated heterocycles. The molecule has 0 bridgehead atoms. The van der Waals surface area contributed by atoms with E-state index >= 15 is 0 Å². The zero-order chi connectivity index (χ0) is 49.3. The number of hydrogen-bond acceptors (Lipinski definition) is 13. The first-order valence-electron chi connectivity index (χ1n) is 24.6. The molecule has 15 nitrogen and oxygen atoms in total. The van der Waals surface area contributed by atoms with Gasteiger partial charge >= 0.3 is 0 Å². The van der Waals surface area contributed by atoms with Crippen molar-refractivity contribution in [2.75, 3.05) is 89.3 Å². The summed E-state index contributed by atoms with van der Waals surface area (Å²) in [6.45, 7) is 10.9. The first-order valence-corrected chi connectivity index (χ1v) is 26.9. The number of allylic oxidation sites excluding steroid dienone is 1. The minimum atomic E-state index is -4.41. The number of carbonyl (C=O) groups excluding carboxylic acids is 1. The third kappa shape index (κ3) is 11.2. The number of hydrogen-bond donors (Lipinski definition) is 2. The number of fused-ring (bicyclic) bond motifs is 4. The lowest BCUT2D eigenvalue weighted by Gasteiger charge is -2.45. The van der Waals surface area contributed by atoms with E-state index in [0.29, 0.717) is 92.8 Å². The van der Waals surface area contributed by atoms with Gasteiger partial charge in [-0.2, -0.15) is 4.98 Å². The van der Waals surface area contributed by atoms with E-state index in [2.05, 4.69) is 45.5 Å². The van der Waals surface area contributed by atoms with Crippen LogP contribution in [-0.4, -0.2) is 133 Å². The number of methoxy groups -OCH3 is 1. The Kier molecular flexibility index (Phi) is 14.9. The first-order chi connectivity index (χ1) is 34.3. The number of amides is 1. The van der Waals surface area contributed by atoms with E-state index < -0.39 is 15.9 Å². The Hall–Kier alpha value is -4.91. The Morgan fingerprint density at radius 2 is 1.79 bits per heavy atom. The summed E-state index contributed by atoms with van der Waals surface area (Å²) in [5.74, 6) is -0.0753. The average Bonchev–Trinajstić information content (AvgIpc) is 3.71. The van der Waals surface area contributed by atoms with Gasteiger partial charge in [-0.25, -0.2) is 13.1 Å². The van der Waals surface area contributed by atoms with Crippen LogP contribution in [-0.2, 0) is 29.0 Å². The molecule has 1 amide bonds. The molecule has 2 aromatic heterocycles. The lowest BCUT2D eigenvalue weighted by atomic mass is 9.71. The van der Waals surface area contributed by atoms with Crippen LogP contribution >= 0.6 is 23.2 Å². The quantitative estimate of drug-likeness (QED) is 0.137. The predicted octanol–water partition coefficient (Wildman–Crippen LogP) is 9.05. The number of sulfonamides is 1.